The number of benzene rings is 2. The molecule has 1 aliphatic rings. The summed E-state index contributed by atoms with van der Waals surface area (Å²) < 4.78 is 10.8. The molecule has 1 amide bonds. The number of amides is 1. The maximum atomic E-state index is 12.9. The minimum absolute atomic E-state index is 0.160. The summed E-state index contributed by atoms with van der Waals surface area (Å²) in [4.78, 5) is 25.3. The standard InChI is InChI=1S/C21H24N2O4/c1-2-26-21(25)18(13-14-7-4-3-5-8-14)23-20(24)16-10-6-9-15-17(22)11-12-27-19(15)16/h3-10,17-18H,2,11-13,22H2,1H3,(H,23,24)/t17-,18-/m0/s1. The normalized spacial score (nSPS) is 16.6. The molecule has 3 N–H and O–H groups in total. The van der Waals surface area contributed by atoms with Crippen LogP contribution in [-0.4, -0.2) is 31.1 Å². The number of rotatable bonds is 6. The third-order valence-corrected chi connectivity index (χ3v) is 4.52. The second-order valence-electron chi connectivity index (χ2n) is 6.44. The van der Waals surface area contributed by atoms with Gasteiger partial charge < -0.3 is 20.5 Å². The molecular formula is C21H24N2O4. The van der Waals surface area contributed by atoms with Crippen molar-refractivity contribution in [1.82, 2.24) is 5.32 Å². The summed E-state index contributed by atoms with van der Waals surface area (Å²) in [6.45, 7) is 2.45. The van der Waals surface area contributed by atoms with Crippen molar-refractivity contribution in [3.05, 3.63) is 65.2 Å². The number of nitrogens with two attached hydrogens (primary N) is 1. The lowest BCUT2D eigenvalue weighted by Gasteiger charge is -2.25. The summed E-state index contributed by atoms with van der Waals surface area (Å²) in [7, 11) is 0. The lowest BCUT2D eigenvalue weighted by molar-refractivity contribution is -0.145. The first kappa shape index (κ1) is 18.9. The molecule has 2 aromatic rings. The molecule has 2 atom stereocenters. The van der Waals surface area contributed by atoms with Gasteiger partial charge in [-0.05, 0) is 18.6 Å². The van der Waals surface area contributed by atoms with Crippen LogP contribution in [0, 0.1) is 0 Å². The van der Waals surface area contributed by atoms with Crippen molar-refractivity contribution < 1.29 is 19.1 Å². The molecular weight excluding hydrogens is 344 g/mol. The van der Waals surface area contributed by atoms with Crippen LogP contribution < -0.4 is 15.8 Å². The Balaban J connectivity index is 1.82. The molecule has 0 aromatic heterocycles. The van der Waals surface area contributed by atoms with Gasteiger partial charge in [-0.25, -0.2) is 4.79 Å². The molecule has 1 heterocycles. The van der Waals surface area contributed by atoms with Crippen LogP contribution >= 0.6 is 0 Å². The van der Waals surface area contributed by atoms with Crippen LogP contribution in [0.25, 0.3) is 0 Å². The molecule has 1 aliphatic heterocycles. The second kappa shape index (κ2) is 8.68. The maximum absolute atomic E-state index is 12.9. The quantitative estimate of drug-likeness (QED) is 0.764. The predicted octanol–water partition coefficient (Wildman–Crippen LogP) is 2.37. The first-order valence-electron chi connectivity index (χ1n) is 9.13. The number of hydrogen-bond acceptors (Lipinski definition) is 5. The summed E-state index contributed by atoms with van der Waals surface area (Å²) in [5.41, 5.74) is 8.24. The van der Waals surface area contributed by atoms with Crippen molar-refractivity contribution in [2.45, 2.75) is 31.8 Å². The van der Waals surface area contributed by atoms with Crippen LogP contribution in [0.15, 0.2) is 48.5 Å². The highest BCUT2D eigenvalue weighted by Crippen LogP contribution is 2.33. The number of hydrogen-bond donors (Lipinski definition) is 2. The van der Waals surface area contributed by atoms with E-state index in [0.29, 0.717) is 30.8 Å². The topological polar surface area (TPSA) is 90.6 Å². The van der Waals surface area contributed by atoms with E-state index in [0.717, 1.165) is 11.1 Å². The lowest BCUT2D eigenvalue weighted by atomic mass is 9.97. The van der Waals surface area contributed by atoms with Crippen molar-refractivity contribution in [1.29, 1.82) is 0 Å². The number of nitrogens with one attached hydrogen (secondary N) is 1. The van der Waals surface area contributed by atoms with E-state index in [4.69, 9.17) is 15.2 Å². The second-order valence-corrected chi connectivity index (χ2v) is 6.44. The van der Waals surface area contributed by atoms with Gasteiger partial charge in [-0.3, -0.25) is 4.79 Å². The molecule has 0 unspecified atom stereocenters. The molecule has 0 saturated heterocycles. The maximum Gasteiger partial charge on any atom is 0.328 e. The number of fused-ring (bicyclic) bond motifs is 1. The van der Waals surface area contributed by atoms with E-state index < -0.39 is 12.0 Å². The van der Waals surface area contributed by atoms with Crippen LogP contribution in [0.1, 0.15) is 40.9 Å². The van der Waals surface area contributed by atoms with E-state index in [1.54, 1.807) is 19.1 Å². The Kier molecular flexibility index (Phi) is 6.08. The zero-order valence-electron chi connectivity index (χ0n) is 15.3. The van der Waals surface area contributed by atoms with E-state index in [1.807, 2.05) is 36.4 Å². The fourth-order valence-corrected chi connectivity index (χ4v) is 3.15. The number of carbonyl (C=O) groups excluding carboxylic acids is 2. The van der Waals surface area contributed by atoms with Crippen molar-refractivity contribution in [3.63, 3.8) is 0 Å². The van der Waals surface area contributed by atoms with Crippen LogP contribution in [0.2, 0.25) is 0 Å². The molecule has 0 aliphatic carbocycles. The Morgan fingerprint density at radius 1 is 1.22 bits per heavy atom. The van der Waals surface area contributed by atoms with Gasteiger partial charge in [0.1, 0.15) is 11.8 Å². The highest BCUT2D eigenvalue weighted by Gasteiger charge is 2.27. The predicted molar refractivity (Wildman–Crippen MR) is 102 cm³/mol. The fourth-order valence-electron chi connectivity index (χ4n) is 3.15. The van der Waals surface area contributed by atoms with Crippen molar-refractivity contribution >= 4 is 11.9 Å². The van der Waals surface area contributed by atoms with Gasteiger partial charge in [-0.2, -0.15) is 0 Å². The third kappa shape index (κ3) is 4.46. The van der Waals surface area contributed by atoms with Crippen LogP contribution in [0.3, 0.4) is 0 Å². The van der Waals surface area contributed by atoms with Crippen molar-refractivity contribution in [2.24, 2.45) is 5.73 Å². The molecule has 0 spiro atoms. The monoisotopic (exact) mass is 368 g/mol. The van der Waals surface area contributed by atoms with Crippen molar-refractivity contribution in [3.8, 4) is 5.75 Å². The molecule has 0 fully saturated rings. The molecule has 0 bridgehead atoms. The molecule has 6 heteroatoms. The van der Waals surface area contributed by atoms with Gasteiger partial charge in [-0.15, -0.1) is 0 Å². The number of carbonyl (C=O) groups is 2. The zero-order valence-corrected chi connectivity index (χ0v) is 15.3. The van der Waals surface area contributed by atoms with Crippen molar-refractivity contribution in [2.75, 3.05) is 13.2 Å². The Bertz CT molecular complexity index is 807. The Labute approximate surface area is 158 Å². The zero-order chi connectivity index (χ0) is 19.2. The van der Waals surface area contributed by atoms with E-state index in [-0.39, 0.29) is 18.6 Å². The smallest absolute Gasteiger partial charge is 0.328 e. The molecule has 142 valence electrons. The Morgan fingerprint density at radius 3 is 2.74 bits per heavy atom. The minimum atomic E-state index is -0.784. The first-order chi connectivity index (χ1) is 13.1. The summed E-state index contributed by atoms with van der Waals surface area (Å²) in [6, 6.07) is 13.9. The highest BCUT2D eigenvalue weighted by molar-refractivity contribution is 5.99. The number of ether oxygens (including phenoxy) is 2. The third-order valence-electron chi connectivity index (χ3n) is 4.52. The van der Waals surface area contributed by atoms with Gasteiger partial charge in [0.05, 0.1) is 18.8 Å². The van der Waals surface area contributed by atoms with Gasteiger partial charge in [0.15, 0.2) is 0 Å². The van der Waals surface area contributed by atoms with E-state index in [9.17, 15) is 9.59 Å². The summed E-state index contributed by atoms with van der Waals surface area (Å²) in [5.74, 6) is -0.344. The Morgan fingerprint density at radius 2 is 2.00 bits per heavy atom. The largest absolute Gasteiger partial charge is 0.492 e. The highest BCUT2D eigenvalue weighted by atomic mass is 16.5. The van der Waals surface area contributed by atoms with Crippen LogP contribution in [0.5, 0.6) is 5.75 Å². The minimum Gasteiger partial charge on any atom is -0.492 e. The molecule has 0 saturated carbocycles. The number of esters is 1. The van der Waals surface area contributed by atoms with Gasteiger partial charge in [-0.1, -0.05) is 42.5 Å². The number of para-hydroxylation sites is 1. The van der Waals surface area contributed by atoms with E-state index in [1.165, 1.54) is 0 Å². The van der Waals surface area contributed by atoms with Gasteiger partial charge in [0, 0.05) is 24.4 Å². The first-order valence-corrected chi connectivity index (χ1v) is 9.13. The summed E-state index contributed by atoms with van der Waals surface area (Å²) in [5, 5.41) is 2.80. The SMILES string of the molecule is CCOC(=O)[C@H](Cc1ccccc1)NC(=O)c1cccc2c1OCC[C@@H]2N. The molecule has 27 heavy (non-hydrogen) atoms. The van der Waals surface area contributed by atoms with Gasteiger partial charge >= 0.3 is 5.97 Å². The van der Waals surface area contributed by atoms with Crippen LogP contribution in [-0.2, 0) is 16.0 Å². The van der Waals surface area contributed by atoms with Gasteiger partial charge in [0.2, 0.25) is 0 Å². The summed E-state index contributed by atoms with van der Waals surface area (Å²) in [6.07, 6.45) is 1.05. The molecule has 0 radical (unpaired) electrons. The van der Waals surface area contributed by atoms with Gasteiger partial charge in [0.25, 0.3) is 5.91 Å². The molecule has 3 rings (SSSR count). The lowest BCUT2D eigenvalue weighted by Crippen LogP contribution is -2.43. The van der Waals surface area contributed by atoms with Crippen LogP contribution in [0.4, 0.5) is 0 Å². The summed E-state index contributed by atoms with van der Waals surface area (Å²) >= 11 is 0. The Hall–Kier alpha value is -2.86. The van der Waals surface area contributed by atoms with E-state index >= 15 is 0 Å². The average molecular weight is 368 g/mol. The molecule has 6 nitrogen and oxygen atoms in total. The molecule has 2 aromatic carbocycles. The average Bonchev–Trinajstić information content (AvgIpc) is 2.68. The fraction of sp³-hybridized carbons (Fsp3) is 0.333. The van der Waals surface area contributed by atoms with E-state index in [2.05, 4.69) is 5.32 Å².